The molecule has 1 atom stereocenters. The van der Waals surface area contributed by atoms with E-state index < -0.39 is 18.1 Å². The summed E-state index contributed by atoms with van der Waals surface area (Å²) in [6.07, 6.45) is -0.714. The van der Waals surface area contributed by atoms with Crippen molar-refractivity contribution in [1.82, 2.24) is 5.32 Å². The van der Waals surface area contributed by atoms with Gasteiger partial charge in [0.05, 0.1) is 6.42 Å². The molecule has 27 heavy (non-hydrogen) atoms. The highest BCUT2D eigenvalue weighted by atomic mass is 19.1. The van der Waals surface area contributed by atoms with Gasteiger partial charge in [0, 0.05) is 5.69 Å². The van der Waals surface area contributed by atoms with Gasteiger partial charge in [0.15, 0.2) is 0 Å². The highest BCUT2D eigenvalue weighted by molar-refractivity contribution is 5.92. The Kier molecular flexibility index (Phi) is 6.87. The molecular weight excluding hydrogens is 355 g/mol. The fourth-order valence-corrected chi connectivity index (χ4v) is 2.11. The summed E-state index contributed by atoms with van der Waals surface area (Å²) < 4.78 is 17.8. The van der Waals surface area contributed by atoms with Crippen molar-refractivity contribution in [2.75, 3.05) is 5.32 Å². The molecule has 0 aliphatic carbocycles. The first-order chi connectivity index (χ1) is 12.8. The van der Waals surface area contributed by atoms with Crippen LogP contribution < -0.4 is 10.6 Å². The van der Waals surface area contributed by atoms with Crippen LogP contribution in [-0.4, -0.2) is 29.1 Å². The zero-order chi connectivity index (χ0) is 19.8. The monoisotopic (exact) mass is 374 g/mol. The van der Waals surface area contributed by atoms with Gasteiger partial charge in [-0.1, -0.05) is 24.3 Å². The van der Waals surface area contributed by atoms with E-state index in [1.807, 2.05) is 0 Å². The lowest BCUT2D eigenvalue weighted by molar-refractivity contribution is -0.138. The van der Waals surface area contributed by atoms with Crippen LogP contribution in [0.4, 0.5) is 14.9 Å². The average molecular weight is 374 g/mol. The molecule has 0 radical (unpaired) electrons. The SMILES string of the molecule is C[C@@H](NC(=O)OCc1ccc(NC(=O)Cc2ccc(F)cc2)cc1)C(=O)O. The molecule has 0 aliphatic heterocycles. The van der Waals surface area contributed by atoms with E-state index in [0.29, 0.717) is 16.8 Å². The van der Waals surface area contributed by atoms with Gasteiger partial charge in [0.1, 0.15) is 18.5 Å². The molecule has 0 unspecified atom stereocenters. The summed E-state index contributed by atoms with van der Waals surface area (Å²) in [5.74, 6) is -1.76. The van der Waals surface area contributed by atoms with E-state index in [4.69, 9.17) is 9.84 Å². The van der Waals surface area contributed by atoms with E-state index in [1.165, 1.54) is 19.1 Å². The van der Waals surface area contributed by atoms with Gasteiger partial charge in [-0.05, 0) is 42.3 Å². The maximum absolute atomic E-state index is 12.9. The van der Waals surface area contributed by atoms with Crippen LogP contribution in [0.3, 0.4) is 0 Å². The van der Waals surface area contributed by atoms with Crippen LogP contribution in [0.5, 0.6) is 0 Å². The van der Waals surface area contributed by atoms with E-state index in [0.717, 1.165) is 0 Å². The Morgan fingerprint density at radius 2 is 1.63 bits per heavy atom. The predicted octanol–water partition coefficient (Wildman–Crippen LogP) is 2.71. The molecule has 0 saturated carbocycles. The Morgan fingerprint density at radius 1 is 1.04 bits per heavy atom. The van der Waals surface area contributed by atoms with Crippen LogP contribution in [0.15, 0.2) is 48.5 Å². The number of hydrogen-bond donors (Lipinski definition) is 3. The fourth-order valence-electron chi connectivity index (χ4n) is 2.11. The molecule has 7 nitrogen and oxygen atoms in total. The van der Waals surface area contributed by atoms with Crippen molar-refractivity contribution in [3.63, 3.8) is 0 Å². The van der Waals surface area contributed by atoms with Crippen LogP contribution in [0.25, 0.3) is 0 Å². The standard InChI is InChI=1S/C19H19FN2O5/c1-12(18(24)25)21-19(26)27-11-14-4-8-16(9-5-14)22-17(23)10-13-2-6-15(20)7-3-13/h2-9,12H,10-11H2,1H3,(H,21,26)(H,22,23)(H,24,25)/t12-/m1/s1. The number of amides is 2. The van der Waals surface area contributed by atoms with Crippen molar-refractivity contribution in [3.05, 3.63) is 65.5 Å². The lowest BCUT2D eigenvalue weighted by Crippen LogP contribution is -2.38. The third-order valence-corrected chi connectivity index (χ3v) is 3.59. The first-order valence-corrected chi connectivity index (χ1v) is 8.13. The largest absolute Gasteiger partial charge is 0.480 e. The van der Waals surface area contributed by atoms with E-state index >= 15 is 0 Å². The molecule has 0 heterocycles. The Hall–Kier alpha value is -3.42. The molecule has 2 amide bonds. The predicted molar refractivity (Wildman–Crippen MR) is 95.6 cm³/mol. The molecule has 0 bridgehead atoms. The minimum Gasteiger partial charge on any atom is -0.480 e. The maximum atomic E-state index is 12.9. The number of carbonyl (C=O) groups excluding carboxylic acids is 2. The van der Waals surface area contributed by atoms with Crippen molar-refractivity contribution in [1.29, 1.82) is 0 Å². The first kappa shape index (κ1) is 19.9. The number of aliphatic carboxylic acids is 1. The van der Waals surface area contributed by atoms with Crippen molar-refractivity contribution < 1.29 is 28.6 Å². The molecular formula is C19H19FN2O5. The molecule has 2 rings (SSSR count). The van der Waals surface area contributed by atoms with Gasteiger partial charge < -0.3 is 20.5 Å². The molecule has 8 heteroatoms. The van der Waals surface area contributed by atoms with E-state index in [2.05, 4.69) is 10.6 Å². The van der Waals surface area contributed by atoms with Crippen LogP contribution in [0.1, 0.15) is 18.1 Å². The normalized spacial score (nSPS) is 11.3. The molecule has 0 spiro atoms. The Morgan fingerprint density at radius 3 is 2.22 bits per heavy atom. The Labute approximate surface area is 155 Å². The second-order valence-electron chi connectivity index (χ2n) is 5.83. The van der Waals surface area contributed by atoms with Gasteiger partial charge in [-0.3, -0.25) is 9.59 Å². The summed E-state index contributed by atoms with van der Waals surface area (Å²) in [6.45, 7) is 1.29. The van der Waals surface area contributed by atoms with Gasteiger partial charge >= 0.3 is 12.1 Å². The second kappa shape index (κ2) is 9.33. The summed E-state index contributed by atoms with van der Waals surface area (Å²) in [4.78, 5) is 34.1. The zero-order valence-corrected chi connectivity index (χ0v) is 14.6. The summed E-state index contributed by atoms with van der Waals surface area (Å²) in [6, 6.07) is 11.3. The Balaban J connectivity index is 1.80. The van der Waals surface area contributed by atoms with E-state index in [9.17, 15) is 18.8 Å². The summed E-state index contributed by atoms with van der Waals surface area (Å²) in [5.41, 5.74) is 1.93. The Bertz CT molecular complexity index is 806. The number of rotatable bonds is 7. The van der Waals surface area contributed by atoms with Gasteiger partial charge in [-0.2, -0.15) is 0 Å². The van der Waals surface area contributed by atoms with Gasteiger partial charge in [0.2, 0.25) is 5.91 Å². The first-order valence-electron chi connectivity index (χ1n) is 8.13. The maximum Gasteiger partial charge on any atom is 0.408 e. The highest BCUT2D eigenvalue weighted by Gasteiger charge is 2.14. The summed E-state index contributed by atoms with van der Waals surface area (Å²) >= 11 is 0. The van der Waals surface area contributed by atoms with Crippen LogP contribution in [0.2, 0.25) is 0 Å². The lowest BCUT2D eigenvalue weighted by Gasteiger charge is -2.10. The summed E-state index contributed by atoms with van der Waals surface area (Å²) in [5, 5.41) is 13.6. The molecule has 0 fully saturated rings. The molecule has 142 valence electrons. The third-order valence-electron chi connectivity index (χ3n) is 3.59. The van der Waals surface area contributed by atoms with Crippen LogP contribution >= 0.6 is 0 Å². The summed E-state index contributed by atoms with van der Waals surface area (Å²) in [7, 11) is 0. The topological polar surface area (TPSA) is 105 Å². The number of alkyl carbamates (subject to hydrolysis) is 1. The minimum atomic E-state index is -1.16. The number of hydrogen-bond acceptors (Lipinski definition) is 4. The van der Waals surface area contributed by atoms with Gasteiger partial charge in [0.25, 0.3) is 0 Å². The highest BCUT2D eigenvalue weighted by Crippen LogP contribution is 2.12. The third kappa shape index (κ3) is 6.77. The van der Waals surface area contributed by atoms with Crippen LogP contribution in [0, 0.1) is 5.82 Å². The second-order valence-corrected chi connectivity index (χ2v) is 5.83. The molecule has 0 aliphatic rings. The minimum absolute atomic E-state index is 0.0397. The van der Waals surface area contributed by atoms with Gasteiger partial charge in [-0.25, -0.2) is 9.18 Å². The molecule has 0 saturated heterocycles. The smallest absolute Gasteiger partial charge is 0.408 e. The van der Waals surface area contributed by atoms with E-state index in [-0.39, 0.29) is 24.8 Å². The number of nitrogens with one attached hydrogen (secondary N) is 2. The number of carboxylic acids is 1. The molecule has 3 N–H and O–H groups in total. The molecule has 2 aromatic carbocycles. The van der Waals surface area contributed by atoms with Crippen molar-refractivity contribution >= 4 is 23.7 Å². The lowest BCUT2D eigenvalue weighted by atomic mass is 10.1. The van der Waals surface area contributed by atoms with Crippen molar-refractivity contribution in [2.45, 2.75) is 26.0 Å². The number of benzene rings is 2. The van der Waals surface area contributed by atoms with Crippen LogP contribution in [-0.2, 0) is 27.4 Å². The molecule has 2 aromatic rings. The van der Waals surface area contributed by atoms with Crippen molar-refractivity contribution in [3.8, 4) is 0 Å². The number of ether oxygens (including phenoxy) is 1. The number of anilines is 1. The van der Waals surface area contributed by atoms with E-state index in [1.54, 1.807) is 36.4 Å². The number of carbonyl (C=O) groups is 3. The quantitative estimate of drug-likeness (QED) is 0.691. The number of carboxylic acid groups (broad SMARTS) is 1. The average Bonchev–Trinajstić information content (AvgIpc) is 2.63. The van der Waals surface area contributed by atoms with Crippen molar-refractivity contribution in [2.24, 2.45) is 0 Å². The van der Waals surface area contributed by atoms with Gasteiger partial charge in [-0.15, -0.1) is 0 Å². The number of halogens is 1. The zero-order valence-electron chi connectivity index (χ0n) is 14.6. The fraction of sp³-hybridized carbons (Fsp3) is 0.211. The molecule has 0 aromatic heterocycles.